The molecule has 4 aromatic rings. The van der Waals surface area contributed by atoms with Gasteiger partial charge >= 0.3 is 12.2 Å². The van der Waals surface area contributed by atoms with E-state index >= 15 is 0 Å². The summed E-state index contributed by atoms with van der Waals surface area (Å²) in [5.41, 5.74) is 2.71. The van der Waals surface area contributed by atoms with Gasteiger partial charge in [-0.2, -0.15) is 18.3 Å². The molecule has 3 N–H and O–H groups in total. The number of fused-ring (bicyclic) bond motifs is 1. The van der Waals surface area contributed by atoms with Crippen molar-refractivity contribution in [2.24, 2.45) is 7.05 Å². The zero-order valence-corrected chi connectivity index (χ0v) is 20.1. The molecule has 1 fully saturated rings. The van der Waals surface area contributed by atoms with Gasteiger partial charge in [-0.05, 0) is 35.4 Å². The van der Waals surface area contributed by atoms with Crippen molar-refractivity contribution in [3.63, 3.8) is 0 Å². The normalized spacial score (nSPS) is 14.6. The van der Waals surface area contributed by atoms with E-state index in [0.29, 0.717) is 18.8 Å². The van der Waals surface area contributed by atoms with Gasteiger partial charge in [0.1, 0.15) is 0 Å². The summed E-state index contributed by atoms with van der Waals surface area (Å²) in [4.78, 5) is 18.8. The summed E-state index contributed by atoms with van der Waals surface area (Å²) < 4.78 is 43.1. The van der Waals surface area contributed by atoms with Gasteiger partial charge in [0, 0.05) is 68.3 Å². The first-order chi connectivity index (χ1) is 17.8. The fourth-order valence-corrected chi connectivity index (χ4v) is 4.48. The van der Waals surface area contributed by atoms with Crippen LogP contribution in [0.25, 0.3) is 22.0 Å². The van der Waals surface area contributed by atoms with Crippen LogP contribution in [-0.2, 0) is 19.8 Å². The van der Waals surface area contributed by atoms with Crippen molar-refractivity contribution in [3.05, 3.63) is 72.2 Å². The number of hydrogen-bond donors (Lipinski definition) is 3. The van der Waals surface area contributed by atoms with Gasteiger partial charge in [0.05, 0.1) is 23.5 Å². The Morgan fingerprint density at radius 1 is 1.00 bits per heavy atom. The van der Waals surface area contributed by atoms with Gasteiger partial charge in [0.25, 0.3) is 0 Å². The molecule has 1 aliphatic rings. The Balaban J connectivity index is 1.27. The molecule has 3 heterocycles. The number of halogens is 3. The van der Waals surface area contributed by atoms with Crippen LogP contribution in [0.3, 0.4) is 0 Å². The van der Waals surface area contributed by atoms with Crippen molar-refractivity contribution in [1.82, 2.24) is 25.0 Å². The number of alkyl halides is 3. The molecular formula is C26H26F3N7O. The maximum Gasteiger partial charge on any atom is 0.416 e. The van der Waals surface area contributed by atoms with E-state index in [1.54, 1.807) is 35.4 Å². The summed E-state index contributed by atoms with van der Waals surface area (Å²) in [5, 5.41) is 13.6. The zero-order chi connectivity index (χ0) is 26.0. The molecule has 11 heteroatoms. The highest BCUT2D eigenvalue weighted by Gasteiger charge is 2.34. The molecule has 5 rings (SSSR count). The fraction of sp³-hybridized carbons (Fsp3) is 0.269. The van der Waals surface area contributed by atoms with Crippen LogP contribution in [0.5, 0.6) is 0 Å². The third-order valence-corrected chi connectivity index (χ3v) is 6.41. The minimum absolute atomic E-state index is 0.0693. The predicted octanol–water partition coefficient (Wildman–Crippen LogP) is 4.70. The van der Waals surface area contributed by atoms with Gasteiger partial charge in [-0.1, -0.05) is 18.2 Å². The minimum atomic E-state index is -4.53. The van der Waals surface area contributed by atoms with E-state index < -0.39 is 17.8 Å². The maximum absolute atomic E-state index is 13.8. The number of pyridine rings is 1. The lowest BCUT2D eigenvalue weighted by atomic mass is 10.0. The molecule has 2 aromatic carbocycles. The third kappa shape index (κ3) is 5.57. The number of urea groups is 1. The Hall–Kier alpha value is -3.96. The van der Waals surface area contributed by atoms with Crippen LogP contribution < -0.4 is 16.0 Å². The number of anilines is 2. The topological polar surface area (TPSA) is 87.1 Å². The van der Waals surface area contributed by atoms with Gasteiger partial charge < -0.3 is 16.0 Å². The van der Waals surface area contributed by atoms with Crippen LogP contribution >= 0.6 is 0 Å². The third-order valence-electron chi connectivity index (χ3n) is 6.41. The lowest BCUT2D eigenvalue weighted by Crippen LogP contribution is -2.43. The van der Waals surface area contributed by atoms with Crippen LogP contribution in [0.4, 0.5) is 29.3 Å². The summed E-state index contributed by atoms with van der Waals surface area (Å²) in [5.74, 6) is 0. The van der Waals surface area contributed by atoms with Crippen molar-refractivity contribution in [2.75, 3.05) is 36.8 Å². The van der Waals surface area contributed by atoms with Gasteiger partial charge in [-0.15, -0.1) is 0 Å². The lowest BCUT2D eigenvalue weighted by molar-refractivity contribution is -0.138. The molecule has 8 nitrogen and oxygen atoms in total. The van der Waals surface area contributed by atoms with Crippen molar-refractivity contribution in [2.45, 2.75) is 12.7 Å². The number of amides is 2. The van der Waals surface area contributed by atoms with Gasteiger partial charge in [-0.25, -0.2) is 4.79 Å². The van der Waals surface area contributed by atoms with E-state index in [0.717, 1.165) is 41.2 Å². The molecule has 2 amide bonds. The number of rotatable bonds is 5. The first-order valence-corrected chi connectivity index (χ1v) is 11.9. The molecule has 1 saturated heterocycles. The van der Waals surface area contributed by atoms with Crippen LogP contribution in [0.2, 0.25) is 0 Å². The number of aromatic nitrogens is 3. The Labute approximate surface area is 211 Å². The Morgan fingerprint density at radius 3 is 2.43 bits per heavy atom. The van der Waals surface area contributed by atoms with Crippen LogP contribution in [0.15, 0.2) is 61.1 Å². The van der Waals surface area contributed by atoms with Gasteiger partial charge in [0.15, 0.2) is 0 Å². The van der Waals surface area contributed by atoms with Crippen molar-refractivity contribution in [1.29, 1.82) is 0 Å². The van der Waals surface area contributed by atoms with Crippen LogP contribution in [-0.4, -0.2) is 51.9 Å². The molecule has 0 radical (unpaired) electrons. The van der Waals surface area contributed by atoms with Crippen molar-refractivity contribution in [3.8, 4) is 11.1 Å². The average molecular weight is 510 g/mol. The number of nitrogens with one attached hydrogen (secondary N) is 3. The molecule has 0 aliphatic carbocycles. The predicted molar refractivity (Wildman–Crippen MR) is 136 cm³/mol. The summed E-state index contributed by atoms with van der Waals surface area (Å²) in [7, 11) is 1.84. The molecule has 1 aliphatic heterocycles. The van der Waals surface area contributed by atoms with Gasteiger partial charge in [-0.3, -0.25) is 14.6 Å². The fourth-order valence-electron chi connectivity index (χ4n) is 4.48. The molecule has 0 saturated carbocycles. The average Bonchev–Trinajstić information content (AvgIpc) is 3.26. The monoisotopic (exact) mass is 509 g/mol. The highest BCUT2D eigenvalue weighted by Crippen LogP contribution is 2.35. The second-order valence-electron chi connectivity index (χ2n) is 8.94. The summed E-state index contributed by atoms with van der Waals surface area (Å²) in [6.07, 6.45) is 0.743. The number of nitrogens with zero attached hydrogens (tertiary/aromatic N) is 4. The second-order valence-corrected chi connectivity index (χ2v) is 8.94. The first kappa shape index (κ1) is 24.7. The lowest BCUT2D eigenvalue weighted by Gasteiger charge is -2.28. The summed E-state index contributed by atoms with van der Waals surface area (Å²) in [6.45, 7) is 3.08. The standard InChI is InChI=1S/C26H26F3N7O/c1-35-24-15-31-13-21(22(24)14-32-35)17-2-5-19(6-3-17)33-25(37)34-20-7-4-18(23(12-20)26(27,28)29)16-36-10-8-30-9-11-36/h2-7,12-15,30H,8-11,16H2,1H3,(H2,33,34,37). The molecular weight excluding hydrogens is 483 g/mol. The number of carbonyl (C=O) groups is 1. The SMILES string of the molecule is Cn1ncc2c(-c3ccc(NC(=O)Nc4ccc(CN5CCNCC5)c(C(F)(F)F)c4)cc3)cncc21. The first-order valence-electron chi connectivity index (χ1n) is 11.9. The van der Waals surface area contributed by atoms with Crippen LogP contribution in [0.1, 0.15) is 11.1 Å². The smallest absolute Gasteiger partial charge is 0.314 e. The molecule has 37 heavy (non-hydrogen) atoms. The largest absolute Gasteiger partial charge is 0.416 e. The molecule has 2 aromatic heterocycles. The number of piperazine rings is 1. The number of aryl methyl sites for hydroxylation is 1. The molecule has 192 valence electrons. The van der Waals surface area contributed by atoms with E-state index in [9.17, 15) is 18.0 Å². The van der Waals surface area contributed by atoms with E-state index in [-0.39, 0.29) is 17.8 Å². The minimum Gasteiger partial charge on any atom is -0.314 e. The highest BCUT2D eigenvalue weighted by molar-refractivity contribution is 6.00. The maximum atomic E-state index is 13.8. The van der Waals surface area contributed by atoms with Crippen molar-refractivity contribution >= 4 is 28.3 Å². The number of benzene rings is 2. The zero-order valence-electron chi connectivity index (χ0n) is 20.1. The second kappa shape index (κ2) is 10.2. The highest BCUT2D eigenvalue weighted by atomic mass is 19.4. The quantitative estimate of drug-likeness (QED) is 0.363. The summed E-state index contributed by atoms with van der Waals surface area (Å²) >= 11 is 0. The Morgan fingerprint density at radius 2 is 1.70 bits per heavy atom. The Bertz CT molecular complexity index is 1410. The van der Waals surface area contributed by atoms with E-state index in [2.05, 4.69) is 26.0 Å². The number of carbonyl (C=O) groups excluding carboxylic acids is 1. The van der Waals surface area contributed by atoms with E-state index in [1.807, 2.05) is 24.1 Å². The van der Waals surface area contributed by atoms with E-state index in [1.165, 1.54) is 12.1 Å². The van der Waals surface area contributed by atoms with Crippen LogP contribution in [0, 0.1) is 0 Å². The molecule has 0 unspecified atom stereocenters. The van der Waals surface area contributed by atoms with Gasteiger partial charge in [0.2, 0.25) is 0 Å². The van der Waals surface area contributed by atoms with Crippen molar-refractivity contribution < 1.29 is 18.0 Å². The summed E-state index contributed by atoms with van der Waals surface area (Å²) in [6, 6.07) is 10.4. The number of hydrogen-bond acceptors (Lipinski definition) is 5. The molecule has 0 bridgehead atoms. The Kier molecular flexibility index (Phi) is 6.81. The molecule has 0 spiro atoms. The van der Waals surface area contributed by atoms with E-state index in [4.69, 9.17) is 0 Å². The molecule has 0 atom stereocenters.